The topological polar surface area (TPSA) is 42.2 Å². The lowest BCUT2D eigenvalue weighted by Crippen LogP contribution is -2.23. The third kappa shape index (κ3) is 3.01. The summed E-state index contributed by atoms with van der Waals surface area (Å²) in [6, 6.07) is 12.9. The van der Waals surface area contributed by atoms with Crippen molar-refractivity contribution in [2.45, 2.75) is 39.3 Å². The molecule has 5 heteroatoms. The molecule has 4 rings (SSSR count). The van der Waals surface area contributed by atoms with E-state index >= 15 is 0 Å². The number of aryl methyl sites for hydroxylation is 2. The largest absolute Gasteiger partial charge is 0.418 e. The molecule has 24 heavy (non-hydrogen) atoms. The maximum absolute atomic E-state index is 6.01. The number of nitrogens with zero attached hydrogens (tertiary/aromatic N) is 3. The van der Waals surface area contributed by atoms with Gasteiger partial charge in [-0.3, -0.25) is 4.90 Å². The van der Waals surface area contributed by atoms with Crippen molar-refractivity contribution in [3.8, 4) is 10.8 Å². The Labute approximate surface area is 146 Å². The van der Waals surface area contributed by atoms with E-state index in [1.807, 2.05) is 0 Å². The van der Waals surface area contributed by atoms with E-state index in [1.165, 1.54) is 22.4 Å². The van der Waals surface area contributed by atoms with Gasteiger partial charge in [0.2, 0.25) is 5.89 Å². The number of benzene rings is 1. The van der Waals surface area contributed by atoms with Crippen LogP contribution in [0.25, 0.3) is 10.8 Å². The first kappa shape index (κ1) is 15.5. The van der Waals surface area contributed by atoms with Crippen LogP contribution in [0.4, 0.5) is 0 Å². The van der Waals surface area contributed by atoms with E-state index in [2.05, 4.69) is 65.3 Å². The van der Waals surface area contributed by atoms with Crippen molar-refractivity contribution < 1.29 is 4.42 Å². The van der Waals surface area contributed by atoms with Crippen LogP contribution in [0.3, 0.4) is 0 Å². The van der Waals surface area contributed by atoms with Gasteiger partial charge in [-0.05, 0) is 56.5 Å². The molecule has 4 nitrogen and oxygen atoms in total. The highest BCUT2D eigenvalue weighted by molar-refractivity contribution is 7.15. The van der Waals surface area contributed by atoms with Crippen molar-refractivity contribution in [2.75, 3.05) is 6.54 Å². The van der Waals surface area contributed by atoms with Crippen LogP contribution in [-0.2, 0) is 6.54 Å². The number of aromatic nitrogens is 2. The Hall–Kier alpha value is -1.98. The van der Waals surface area contributed by atoms with Crippen LogP contribution in [0, 0.1) is 13.8 Å². The molecule has 0 N–H and O–H groups in total. The average Bonchev–Trinajstić information content (AvgIpc) is 3.29. The molecule has 1 atom stereocenters. The van der Waals surface area contributed by atoms with Gasteiger partial charge in [0.15, 0.2) is 0 Å². The zero-order valence-electron chi connectivity index (χ0n) is 14.0. The average molecular weight is 339 g/mol. The first-order valence-electron chi connectivity index (χ1n) is 8.39. The van der Waals surface area contributed by atoms with Crippen molar-refractivity contribution in [2.24, 2.45) is 0 Å². The van der Waals surface area contributed by atoms with Gasteiger partial charge in [0.1, 0.15) is 0 Å². The summed E-state index contributed by atoms with van der Waals surface area (Å²) in [4.78, 5) is 4.76. The van der Waals surface area contributed by atoms with Gasteiger partial charge in [0.25, 0.3) is 5.89 Å². The van der Waals surface area contributed by atoms with E-state index in [-0.39, 0.29) is 6.04 Å². The third-order valence-corrected chi connectivity index (χ3v) is 5.66. The summed E-state index contributed by atoms with van der Waals surface area (Å²) in [5.74, 6) is 1.40. The molecular formula is C19H21N3OS. The number of thiophene rings is 1. The fraction of sp³-hybridized carbons (Fsp3) is 0.368. The highest BCUT2D eigenvalue weighted by Gasteiger charge is 2.31. The molecule has 124 valence electrons. The Kier molecular flexibility index (Phi) is 4.21. The molecule has 1 saturated heterocycles. The fourth-order valence-corrected chi connectivity index (χ4v) is 4.11. The molecular weight excluding hydrogens is 318 g/mol. The second kappa shape index (κ2) is 6.49. The minimum absolute atomic E-state index is 0.229. The zero-order chi connectivity index (χ0) is 16.5. The van der Waals surface area contributed by atoms with Gasteiger partial charge in [-0.15, -0.1) is 21.5 Å². The smallest absolute Gasteiger partial charge is 0.257 e. The Bertz CT molecular complexity index is 839. The first-order valence-corrected chi connectivity index (χ1v) is 9.21. The van der Waals surface area contributed by atoms with Gasteiger partial charge in [0.05, 0.1) is 10.9 Å². The summed E-state index contributed by atoms with van der Waals surface area (Å²) in [6.45, 7) is 6.28. The SMILES string of the molecule is Cc1ccc(-c2nnc([C@H]3CCCN3Cc3ccccc3C)o2)s1. The second-order valence-corrected chi connectivity index (χ2v) is 7.70. The van der Waals surface area contributed by atoms with E-state index in [4.69, 9.17) is 4.42 Å². The molecule has 1 fully saturated rings. The lowest BCUT2D eigenvalue weighted by Gasteiger charge is -2.22. The Morgan fingerprint density at radius 3 is 2.83 bits per heavy atom. The van der Waals surface area contributed by atoms with Crippen LogP contribution in [0.1, 0.15) is 40.8 Å². The highest BCUT2D eigenvalue weighted by atomic mass is 32.1. The number of likely N-dealkylation sites (tertiary alicyclic amines) is 1. The van der Waals surface area contributed by atoms with Crippen LogP contribution in [0.5, 0.6) is 0 Å². The number of rotatable bonds is 4. The minimum atomic E-state index is 0.229. The normalized spacial score (nSPS) is 18.3. The van der Waals surface area contributed by atoms with E-state index in [0.717, 1.165) is 30.3 Å². The van der Waals surface area contributed by atoms with Crippen molar-refractivity contribution >= 4 is 11.3 Å². The van der Waals surface area contributed by atoms with Crippen LogP contribution in [0.2, 0.25) is 0 Å². The maximum Gasteiger partial charge on any atom is 0.257 e. The molecule has 0 saturated carbocycles. The highest BCUT2D eigenvalue weighted by Crippen LogP contribution is 2.35. The van der Waals surface area contributed by atoms with E-state index in [1.54, 1.807) is 11.3 Å². The Morgan fingerprint density at radius 1 is 1.17 bits per heavy atom. The zero-order valence-corrected chi connectivity index (χ0v) is 14.8. The monoisotopic (exact) mass is 339 g/mol. The van der Waals surface area contributed by atoms with Crippen molar-refractivity contribution in [3.63, 3.8) is 0 Å². The van der Waals surface area contributed by atoms with Gasteiger partial charge < -0.3 is 4.42 Å². The number of hydrogen-bond donors (Lipinski definition) is 0. The van der Waals surface area contributed by atoms with Crippen molar-refractivity contribution in [1.29, 1.82) is 0 Å². The van der Waals surface area contributed by atoms with Gasteiger partial charge >= 0.3 is 0 Å². The summed E-state index contributed by atoms with van der Waals surface area (Å²) in [5.41, 5.74) is 2.71. The predicted octanol–water partition coefficient (Wildman–Crippen LogP) is 4.75. The molecule has 1 aliphatic heterocycles. The molecule has 1 aromatic carbocycles. The lowest BCUT2D eigenvalue weighted by molar-refractivity contribution is 0.215. The van der Waals surface area contributed by atoms with Gasteiger partial charge in [0, 0.05) is 11.4 Å². The lowest BCUT2D eigenvalue weighted by atomic mass is 10.1. The molecule has 2 aromatic heterocycles. The Morgan fingerprint density at radius 2 is 2.04 bits per heavy atom. The molecule has 0 aliphatic carbocycles. The minimum Gasteiger partial charge on any atom is -0.418 e. The van der Waals surface area contributed by atoms with Gasteiger partial charge in [-0.25, -0.2) is 0 Å². The second-order valence-electron chi connectivity index (χ2n) is 6.41. The quantitative estimate of drug-likeness (QED) is 0.688. The Balaban J connectivity index is 1.55. The summed E-state index contributed by atoms with van der Waals surface area (Å²) >= 11 is 1.69. The van der Waals surface area contributed by atoms with Crippen LogP contribution >= 0.6 is 11.3 Å². The van der Waals surface area contributed by atoms with E-state index in [9.17, 15) is 0 Å². The van der Waals surface area contributed by atoms with Crippen LogP contribution < -0.4 is 0 Å². The molecule has 3 aromatic rings. The summed E-state index contributed by atoms with van der Waals surface area (Å²) in [5, 5.41) is 8.62. The van der Waals surface area contributed by atoms with E-state index < -0.39 is 0 Å². The van der Waals surface area contributed by atoms with Crippen LogP contribution in [0.15, 0.2) is 40.8 Å². The van der Waals surface area contributed by atoms with E-state index in [0.29, 0.717) is 5.89 Å². The summed E-state index contributed by atoms with van der Waals surface area (Å²) < 4.78 is 6.01. The maximum atomic E-state index is 6.01. The fourth-order valence-electron chi connectivity index (χ4n) is 3.32. The summed E-state index contributed by atoms with van der Waals surface area (Å²) in [6.07, 6.45) is 2.25. The molecule has 0 spiro atoms. The third-order valence-electron chi connectivity index (χ3n) is 4.68. The molecule has 0 radical (unpaired) electrons. The number of hydrogen-bond acceptors (Lipinski definition) is 5. The first-order chi connectivity index (χ1) is 11.7. The molecule has 0 bridgehead atoms. The standard InChI is InChI=1S/C19H21N3OS/c1-13-6-3-4-7-15(13)12-22-11-5-8-16(22)18-20-21-19(23-18)17-10-9-14(2)24-17/h3-4,6-7,9-10,16H,5,8,11-12H2,1-2H3/t16-/m1/s1. The van der Waals surface area contributed by atoms with Crippen LogP contribution in [-0.4, -0.2) is 21.6 Å². The molecule has 0 unspecified atom stereocenters. The molecule has 1 aliphatic rings. The van der Waals surface area contributed by atoms with Crippen molar-refractivity contribution in [3.05, 3.63) is 58.3 Å². The van der Waals surface area contributed by atoms with Gasteiger partial charge in [-0.1, -0.05) is 24.3 Å². The molecule has 3 heterocycles. The predicted molar refractivity (Wildman–Crippen MR) is 95.9 cm³/mol. The summed E-state index contributed by atoms with van der Waals surface area (Å²) in [7, 11) is 0. The van der Waals surface area contributed by atoms with Gasteiger partial charge in [-0.2, -0.15) is 0 Å². The van der Waals surface area contributed by atoms with Crippen molar-refractivity contribution in [1.82, 2.24) is 15.1 Å². The molecule has 0 amide bonds.